The molecule has 2 unspecified atom stereocenters. The molecule has 1 aliphatic rings. The molecule has 1 aliphatic heterocycles. The van der Waals surface area contributed by atoms with E-state index in [1.807, 2.05) is 6.92 Å². The van der Waals surface area contributed by atoms with Crippen LogP contribution >= 0.6 is 0 Å². The molecule has 0 aromatic rings. The predicted molar refractivity (Wildman–Crippen MR) is 51.8 cm³/mol. The molecule has 0 radical (unpaired) electrons. The summed E-state index contributed by atoms with van der Waals surface area (Å²) in [5.41, 5.74) is 5.66. The van der Waals surface area contributed by atoms with Crippen molar-refractivity contribution in [2.75, 3.05) is 6.54 Å². The first-order chi connectivity index (χ1) is 6.20. The van der Waals surface area contributed by atoms with Crippen LogP contribution < -0.4 is 5.73 Å². The van der Waals surface area contributed by atoms with E-state index in [1.54, 1.807) is 4.90 Å². The summed E-state index contributed by atoms with van der Waals surface area (Å²) in [6, 6.07) is -0.407. The van der Waals surface area contributed by atoms with Crippen molar-refractivity contribution in [1.29, 1.82) is 0 Å². The highest BCUT2D eigenvalue weighted by Crippen LogP contribution is 2.14. The summed E-state index contributed by atoms with van der Waals surface area (Å²) in [6.45, 7) is 2.74. The summed E-state index contributed by atoms with van der Waals surface area (Å²) in [6.07, 6.45) is 7.89. The molecule has 2 N–H and O–H groups in total. The molecular weight excluding hydrogens is 164 g/mol. The zero-order chi connectivity index (χ0) is 9.84. The van der Waals surface area contributed by atoms with E-state index in [4.69, 9.17) is 12.2 Å². The van der Waals surface area contributed by atoms with Crippen LogP contribution in [0.3, 0.4) is 0 Å². The number of terminal acetylenes is 1. The van der Waals surface area contributed by atoms with Crippen LogP contribution in [0, 0.1) is 12.3 Å². The van der Waals surface area contributed by atoms with E-state index in [-0.39, 0.29) is 18.0 Å². The van der Waals surface area contributed by atoms with Gasteiger partial charge in [0.1, 0.15) is 0 Å². The molecule has 3 heteroatoms. The van der Waals surface area contributed by atoms with Crippen molar-refractivity contribution < 1.29 is 4.79 Å². The van der Waals surface area contributed by atoms with Crippen LogP contribution in [0.15, 0.2) is 0 Å². The Bertz CT molecular complexity index is 232. The molecule has 13 heavy (non-hydrogen) atoms. The molecule has 0 bridgehead atoms. The van der Waals surface area contributed by atoms with Gasteiger partial charge in [-0.3, -0.25) is 4.79 Å². The van der Waals surface area contributed by atoms with Crippen molar-refractivity contribution in [2.45, 2.75) is 38.3 Å². The molecule has 72 valence electrons. The van der Waals surface area contributed by atoms with Crippen LogP contribution in [0.5, 0.6) is 0 Å². The van der Waals surface area contributed by atoms with E-state index in [0.717, 1.165) is 25.8 Å². The third kappa shape index (κ3) is 2.02. The lowest BCUT2D eigenvalue weighted by molar-refractivity contribution is -0.136. The Morgan fingerprint density at radius 2 is 2.54 bits per heavy atom. The number of nitrogens with two attached hydrogens (primary N) is 1. The summed E-state index contributed by atoms with van der Waals surface area (Å²) in [5.74, 6) is 2.63. The second-order valence-corrected chi connectivity index (χ2v) is 3.37. The number of hydrogen-bond donors (Lipinski definition) is 1. The molecular formula is C10H16N2O. The lowest BCUT2D eigenvalue weighted by Gasteiger charge is -2.34. The van der Waals surface area contributed by atoms with Crippen LogP contribution in [0.1, 0.15) is 26.2 Å². The van der Waals surface area contributed by atoms with Crippen molar-refractivity contribution in [1.82, 2.24) is 4.90 Å². The maximum absolute atomic E-state index is 11.6. The van der Waals surface area contributed by atoms with Gasteiger partial charge in [-0.2, -0.15) is 0 Å². The number of amides is 1. The fourth-order valence-electron chi connectivity index (χ4n) is 1.67. The molecule has 2 atom stereocenters. The monoisotopic (exact) mass is 180 g/mol. The highest BCUT2D eigenvalue weighted by Gasteiger charge is 2.29. The Hall–Kier alpha value is -1.01. The highest BCUT2D eigenvalue weighted by molar-refractivity contribution is 5.83. The summed E-state index contributed by atoms with van der Waals surface area (Å²) < 4.78 is 0. The Morgan fingerprint density at radius 3 is 3.08 bits per heavy atom. The Morgan fingerprint density at radius 1 is 1.85 bits per heavy atom. The van der Waals surface area contributed by atoms with Crippen LogP contribution in [-0.4, -0.2) is 29.4 Å². The number of carbonyl (C=O) groups excluding carboxylic acids is 1. The molecule has 1 heterocycles. The molecule has 0 aromatic carbocycles. The lowest BCUT2D eigenvalue weighted by atomic mass is 10.0. The molecule has 3 nitrogen and oxygen atoms in total. The minimum Gasteiger partial charge on any atom is -0.328 e. The van der Waals surface area contributed by atoms with E-state index in [2.05, 4.69) is 5.92 Å². The van der Waals surface area contributed by atoms with Gasteiger partial charge in [-0.15, -0.1) is 6.42 Å². The van der Waals surface area contributed by atoms with Crippen LogP contribution in [0.2, 0.25) is 0 Å². The van der Waals surface area contributed by atoms with E-state index in [9.17, 15) is 4.79 Å². The Balaban J connectivity index is 2.68. The SMILES string of the molecule is C#CC(CC)N1CCCC(N)C1=O. The number of hydrogen-bond acceptors (Lipinski definition) is 2. The number of likely N-dealkylation sites (tertiary alicyclic amines) is 1. The first-order valence-corrected chi connectivity index (χ1v) is 4.73. The normalized spacial score (nSPS) is 25.5. The van der Waals surface area contributed by atoms with E-state index < -0.39 is 0 Å². The Labute approximate surface area is 79.3 Å². The van der Waals surface area contributed by atoms with Gasteiger partial charge in [0.05, 0.1) is 12.1 Å². The lowest BCUT2D eigenvalue weighted by Crippen LogP contribution is -2.52. The number of rotatable bonds is 2. The van der Waals surface area contributed by atoms with Gasteiger partial charge in [0.25, 0.3) is 0 Å². The molecule has 0 spiro atoms. The molecule has 1 rings (SSSR count). The van der Waals surface area contributed by atoms with Crippen molar-refractivity contribution in [3.63, 3.8) is 0 Å². The number of carbonyl (C=O) groups is 1. The van der Waals surface area contributed by atoms with Crippen LogP contribution in [-0.2, 0) is 4.79 Å². The van der Waals surface area contributed by atoms with E-state index in [0.29, 0.717) is 0 Å². The standard InChI is InChI=1S/C10H16N2O/c1-3-8(4-2)12-7-5-6-9(11)10(12)13/h1,8-9H,4-7,11H2,2H3. The van der Waals surface area contributed by atoms with Crippen LogP contribution in [0.4, 0.5) is 0 Å². The van der Waals surface area contributed by atoms with Crippen molar-refractivity contribution >= 4 is 5.91 Å². The predicted octanol–water partition coefficient (Wildman–Crippen LogP) is 0.348. The fraction of sp³-hybridized carbons (Fsp3) is 0.700. The molecule has 1 amide bonds. The zero-order valence-electron chi connectivity index (χ0n) is 7.99. The second-order valence-electron chi connectivity index (χ2n) is 3.37. The minimum atomic E-state index is -0.337. The van der Waals surface area contributed by atoms with Gasteiger partial charge in [-0.25, -0.2) is 0 Å². The summed E-state index contributed by atoms with van der Waals surface area (Å²) in [5, 5.41) is 0. The first kappa shape index (κ1) is 10.1. The smallest absolute Gasteiger partial charge is 0.240 e. The van der Waals surface area contributed by atoms with Gasteiger partial charge in [0, 0.05) is 6.54 Å². The maximum atomic E-state index is 11.6. The van der Waals surface area contributed by atoms with Crippen molar-refractivity contribution in [3.8, 4) is 12.3 Å². The molecule has 0 saturated carbocycles. The van der Waals surface area contributed by atoms with Gasteiger partial charge in [-0.1, -0.05) is 12.8 Å². The fourth-order valence-corrected chi connectivity index (χ4v) is 1.67. The average molecular weight is 180 g/mol. The van der Waals surface area contributed by atoms with Gasteiger partial charge >= 0.3 is 0 Å². The number of nitrogens with zero attached hydrogens (tertiary/aromatic N) is 1. The molecule has 1 fully saturated rings. The van der Waals surface area contributed by atoms with Crippen molar-refractivity contribution in [2.24, 2.45) is 5.73 Å². The summed E-state index contributed by atoms with van der Waals surface area (Å²) in [4.78, 5) is 13.3. The third-order valence-electron chi connectivity index (χ3n) is 2.47. The topological polar surface area (TPSA) is 46.3 Å². The molecule has 1 saturated heterocycles. The summed E-state index contributed by atoms with van der Waals surface area (Å²) >= 11 is 0. The maximum Gasteiger partial charge on any atom is 0.240 e. The third-order valence-corrected chi connectivity index (χ3v) is 2.47. The van der Waals surface area contributed by atoms with Gasteiger partial charge in [0.15, 0.2) is 0 Å². The quantitative estimate of drug-likeness (QED) is 0.623. The highest BCUT2D eigenvalue weighted by atomic mass is 16.2. The molecule has 0 aromatic heterocycles. The average Bonchev–Trinajstić information content (AvgIpc) is 2.14. The van der Waals surface area contributed by atoms with Crippen LogP contribution in [0.25, 0.3) is 0 Å². The van der Waals surface area contributed by atoms with Gasteiger partial charge < -0.3 is 10.6 Å². The van der Waals surface area contributed by atoms with Gasteiger partial charge in [-0.05, 0) is 19.3 Å². The van der Waals surface area contributed by atoms with E-state index >= 15 is 0 Å². The van der Waals surface area contributed by atoms with Crippen molar-refractivity contribution in [3.05, 3.63) is 0 Å². The number of piperidine rings is 1. The molecule has 0 aliphatic carbocycles. The zero-order valence-corrected chi connectivity index (χ0v) is 7.99. The summed E-state index contributed by atoms with van der Waals surface area (Å²) in [7, 11) is 0. The first-order valence-electron chi connectivity index (χ1n) is 4.73. The Kier molecular flexibility index (Phi) is 3.32. The minimum absolute atomic E-state index is 0.0102. The largest absolute Gasteiger partial charge is 0.328 e. The van der Waals surface area contributed by atoms with E-state index in [1.165, 1.54) is 0 Å². The van der Waals surface area contributed by atoms with Gasteiger partial charge in [0.2, 0.25) is 5.91 Å². The second kappa shape index (κ2) is 4.29.